The van der Waals surface area contributed by atoms with E-state index in [1.807, 2.05) is 18.2 Å². The zero-order valence-electron chi connectivity index (χ0n) is 16.1. The van der Waals surface area contributed by atoms with Gasteiger partial charge in [-0.15, -0.1) is 0 Å². The summed E-state index contributed by atoms with van der Waals surface area (Å²) >= 11 is 5.27. The first-order valence-corrected chi connectivity index (χ1v) is 9.95. The molecule has 0 saturated carbocycles. The molecule has 2 N–H and O–H groups in total. The van der Waals surface area contributed by atoms with Crippen molar-refractivity contribution >= 4 is 40.9 Å². The molecule has 1 atom stereocenters. The molecule has 30 heavy (non-hydrogen) atoms. The molecule has 2 aromatic rings. The topological polar surface area (TPSA) is 96.0 Å². The first-order valence-electron chi connectivity index (χ1n) is 9.54. The maximum atomic E-state index is 12.3. The van der Waals surface area contributed by atoms with Gasteiger partial charge in [0.25, 0.3) is 0 Å². The molecule has 2 saturated heterocycles. The van der Waals surface area contributed by atoms with E-state index in [0.29, 0.717) is 43.6 Å². The Morgan fingerprint density at radius 2 is 1.83 bits per heavy atom. The first kappa shape index (κ1) is 19.9. The van der Waals surface area contributed by atoms with Crippen molar-refractivity contribution in [3.05, 3.63) is 54.4 Å². The van der Waals surface area contributed by atoms with E-state index in [1.54, 1.807) is 40.3 Å². The number of benzene rings is 1. The van der Waals surface area contributed by atoms with Crippen molar-refractivity contribution in [1.29, 1.82) is 0 Å². The number of nitrogens with zero attached hydrogens (tertiary/aromatic N) is 3. The number of pyridine rings is 1. The van der Waals surface area contributed by atoms with Crippen molar-refractivity contribution < 1.29 is 19.1 Å². The Hall–Kier alpha value is -3.40. The second kappa shape index (κ2) is 8.95. The normalized spacial score (nSPS) is 18.2. The maximum absolute atomic E-state index is 12.3. The summed E-state index contributed by atoms with van der Waals surface area (Å²) < 4.78 is 10.4. The Morgan fingerprint density at radius 1 is 1.07 bits per heavy atom. The van der Waals surface area contributed by atoms with Crippen molar-refractivity contribution in [3.8, 4) is 0 Å². The van der Waals surface area contributed by atoms with Gasteiger partial charge in [0.1, 0.15) is 12.7 Å². The highest BCUT2D eigenvalue weighted by Crippen LogP contribution is 2.26. The third-order valence-corrected chi connectivity index (χ3v) is 5.04. The van der Waals surface area contributed by atoms with Crippen LogP contribution in [0.5, 0.6) is 0 Å². The fraction of sp³-hybridized carbons (Fsp3) is 0.300. The van der Waals surface area contributed by atoms with E-state index in [4.69, 9.17) is 21.7 Å². The number of ether oxygens (including phenoxy) is 2. The van der Waals surface area contributed by atoms with Crippen molar-refractivity contribution in [1.82, 2.24) is 15.6 Å². The Kier molecular flexibility index (Phi) is 5.94. The number of nitrogens with one attached hydrogen (secondary N) is 2. The van der Waals surface area contributed by atoms with Crippen molar-refractivity contribution in [2.45, 2.75) is 12.6 Å². The Bertz CT molecular complexity index is 925. The lowest BCUT2D eigenvalue weighted by Crippen LogP contribution is -2.40. The molecule has 2 aliphatic heterocycles. The minimum Gasteiger partial charge on any atom is -0.447 e. The molecule has 3 heterocycles. The minimum atomic E-state index is -0.414. The molecule has 1 aromatic heterocycles. The summed E-state index contributed by atoms with van der Waals surface area (Å²) in [6.07, 6.45) is 0.619. The predicted molar refractivity (Wildman–Crippen MR) is 114 cm³/mol. The van der Waals surface area contributed by atoms with Gasteiger partial charge in [-0.2, -0.15) is 0 Å². The average molecular weight is 427 g/mol. The molecular formula is C20H21N5O4S. The monoisotopic (exact) mass is 427 g/mol. The van der Waals surface area contributed by atoms with Crippen LogP contribution in [0.1, 0.15) is 5.69 Å². The second-order valence-corrected chi connectivity index (χ2v) is 7.19. The molecular weight excluding hydrogens is 406 g/mol. The van der Waals surface area contributed by atoms with Gasteiger partial charge in [-0.1, -0.05) is 6.07 Å². The number of rotatable bonds is 6. The highest BCUT2D eigenvalue weighted by atomic mass is 32.1. The number of hydrogen-bond acceptors (Lipinski definition) is 6. The third-order valence-electron chi connectivity index (χ3n) is 4.75. The molecule has 2 amide bonds. The van der Waals surface area contributed by atoms with E-state index in [9.17, 15) is 9.59 Å². The lowest BCUT2D eigenvalue weighted by molar-refractivity contribution is 0.142. The van der Waals surface area contributed by atoms with E-state index in [1.165, 1.54) is 0 Å². The van der Waals surface area contributed by atoms with Crippen LogP contribution in [0.4, 0.5) is 21.0 Å². The number of hydrogen-bond donors (Lipinski definition) is 2. The van der Waals surface area contributed by atoms with E-state index < -0.39 is 6.09 Å². The number of thiocarbonyl (C=S) groups is 1. The molecule has 10 heteroatoms. The van der Waals surface area contributed by atoms with Crippen molar-refractivity contribution in [3.63, 3.8) is 0 Å². The van der Waals surface area contributed by atoms with Gasteiger partial charge in [-0.25, -0.2) is 9.59 Å². The number of aromatic nitrogens is 1. The van der Waals surface area contributed by atoms with Crippen LogP contribution in [-0.2, 0) is 16.0 Å². The molecule has 1 unspecified atom stereocenters. The van der Waals surface area contributed by atoms with Crippen LogP contribution in [0.15, 0.2) is 48.7 Å². The van der Waals surface area contributed by atoms with E-state index in [-0.39, 0.29) is 12.2 Å². The molecule has 0 bridgehead atoms. The number of carbonyl (C=O) groups excluding carboxylic acids is 2. The largest absolute Gasteiger partial charge is 0.447 e. The van der Waals surface area contributed by atoms with E-state index in [0.717, 1.165) is 11.4 Å². The fourth-order valence-corrected chi connectivity index (χ4v) is 3.38. The SMILES string of the molecule is O=C1OCCN1c1ccc(N2CC(CNC(=S)NCc3ccccn3)OC2=O)cc1. The molecule has 2 fully saturated rings. The third kappa shape index (κ3) is 4.60. The number of amides is 2. The summed E-state index contributed by atoms with van der Waals surface area (Å²) in [5.74, 6) is 0. The van der Waals surface area contributed by atoms with Crippen LogP contribution in [0.2, 0.25) is 0 Å². The molecule has 1 aromatic carbocycles. The van der Waals surface area contributed by atoms with Gasteiger partial charge < -0.3 is 20.1 Å². The number of cyclic esters (lactones) is 2. The van der Waals surface area contributed by atoms with Gasteiger partial charge in [0, 0.05) is 17.6 Å². The smallest absolute Gasteiger partial charge is 0.414 e. The van der Waals surface area contributed by atoms with Crippen LogP contribution in [0.3, 0.4) is 0 Å². The molecule has 4 rings (SSSR count). The van der Waals surface area contributed by atoms with Gasteiger partial charge in [0.05, 0.1) is 31.9 Å². The Morgan fingerprint density at radius 3 is 2.50 bits per heavy atom. The van der Waals surface area contributed by atoms with Crippen LogP contribution in [-0.4, -0.2) is 54.6 Å². The van der Waals surface area contributed by atoms with Gasteiger partial charge in [-0.05, 0) is 48.6 Å². The van der Waals surface area contributed by atoms with Crippen molar-refractivity contribution in [2.24, 2.45) is 0 Å². The zero-order chi connectivity index (χ0) is 20.9. The van der Waals surface area contributed by atoms with Crippen LogP contribution >= 0.6 is 12.2 Å². The molecule has 2 aliphatic rings. The van der Waals surface area contributed by atoms with Gasteiger partial charge in [0.2, 0.25) is 0 Å². The van der Waals surface area contributed by atoms with E-state index >= 15 is 0 Å². The Labute approximate surface area is 179 Å². The average Bonchev–Trinajstić information content (AvgIpc) is 3.37. The molecule has 0 aliphatic carbocycles. The van der Waals surface area contributed by atoms with Crippen LogP contribution in [0, 0.1) is 0 Å². The Balaban J connectivity index is 1.26. The highest BCUT2D eigenvalue weighted by molar-refractivity contribution is 7.80. The predicted octanol–water partition coefficient (Wildman–Crippen LogP) is 2.03. The molecule has 0 radical (unpaired) electrons. The molecule has 9 nitrogen and oxygen atoms in total. The summed E-state index contributed by atoms with van der Waals surface area (Å²) in [6.45, 7) is 2.21. The lowest BCUT2D eigenvalue weighted by Gasteiger charge is -2.16. The van der Waals surface area contributed by atoms with Crippen LogP contribution < -0.4 is 20.4 Å². The minimum absolute atomic E-state index is 0.333. The summed E-state index contributed by atoms with van der Waals surface area (Å²) in [5, 5.41) is 6.61. The summed E-state index contributed by atoms with van der Waals surface area (Å²) in [5.41, 5.74) is 2.32. The zero-order valence-corrected chi connectivity index (χ0v) is 16.9. The maximum Gasteiger partial charge on any atom is 0.414 e. The highest BCUT2D eigenvalue weighted by Gasteiger charge is 2.32. The number of carbonyl (C=O) groups is 2. The molecule has 156 valence electrons. The van der Waals surface area contributed by atoms with Gasteiger partial charge in [-0.3, -0.25) is 14.8 Å². The summed E-state index contributed by atoms with van der Waals surface area (Å²) in [7, 11) is 0. The number of anilines is 2. The quantitative estimate of drug-likeness (QED) is 0.676. The van der Waals surface area contributed by atoms with E-state index in [2.05, 4.69) is 15.6 Å². The lowest BCUT2D eigenvalue weighted by atomic mass is 10.2. The fourth-order valence-electron chi connectivity index (χ4n) is 3.22. The van der Waals surface area contributed by atoms with Gasteiger partial charge in [0.15, 0.2) is 5.11 Å². The summed E-state index contributed by atoms with van der Waals surface area (Å²) in [4.78, 5) is 31.3. The molecule has 0 spiro atoms. The van der Waals surface area contributed by atoms with Gasteiger partial charge >= 0.3 is 12.2 Å². The standard InChI is InChI=1S/C20H21N5O4S/c26-19-24(9-10-28-19)15-4-6-16(7-5-15)25-13-17(29-20(25)27)12-23-18(30)22-11-14-3-1-2-8-21-14/h1-8,17H,9-13H2,(H2,22,23,30). The van der Waals surface area contributed by atoms with Crippen molar-refractivity contribution in [2.75, 3.05) is 36.0 Å². The van der Waals surface area contributed by atoms with Crippen LogP contribution in [0.25, 0.3) is 0 Å². The second-order valence-electron chi connectivity index (χ2n) is 6.78. The summed E-state index contributed by atoms with van der Waals surface area (Å²) in [6, 6.07) is 12.8. The first-order chi connectivity index (χ1) is 14.6.